The topological polar surface area (TPSA) is 45.1 Å². The second-order valence-corrected chi connectivity index (χ2v) is 4.74. The number of hydrogen-bond acceptors (Lipinski definition) is 3. The van der Waals surface area contributed by atoms with Crippen molar-refractivity contribution in [2.45, 2.75) is 13.2 Å². The number of pyridine rings is 1. The number of nitrogens with zero attached hydrogens (tertiary/aromatic N) is 1. The van der Waals surface area contributed by atoms with Crippen LogP contribution in [0.5, 0.6) is 0 Å². The normalized spacial score (nSPS) is 10.7. The number of hydrogen-bond donors (Lipinski definition) is 2. The number of aromatic nitrogens is 1. The van der Waals surface area contributed by atoms with Crippen LogP contribution in [0.1, 0.15) is 11.1 Å². The maximum atomic E-state index is 9.13. The van der Waals surface area contributed by atoms with Gasteiger partial charge in [-0.25, -0.2) is 0 Å². The van der Waals surface area contributed by atoms with Gasteiger partial charge in [0.15, 0.2) is 0 Å². The summed E-state index contributed by atoms with van der Waals surface area (Å²) in [6, 6.07) is 18.1. The molecule has 3 nitrogen and oxygen atoms in total. The second kappa shape index (κ2) is 5.72. The van der Waals surface area contributed by atoms with Gasteiger partial charge in [-0.3, -0.25) is 4.98 Å². The van der Waals surface area contributed by atoms with Crippen LogP contribution < -0.4 is 5.32 Å². The lowest BCUT2D eigenvalue weighted by molar-refractivity contribution is 0.282. The van der Waals surface area contributed by atoms with Crippen molar-refractivity contribution in [2.75, 3.05) is 5.32 Å². The summed E-state index contributed by atoms with van der Waals surface area (Å²) in [6.45, 7) is 0.816. The Morgan fingerprint density at radius 2 is 1.90 bits per heavy atom. The highest BCUT2D eigenvalue weighted by Crippen LogP contribution is 2.16. The molecule has 3 aromatic rings. The lowest BCUT2D eigenvalue weighted by Gasteiger charge is -2.08. The quantitative estimate of drug-likeness (QED) is 0.759. The third kappa shape index (κ3) is 2.78. The average molecular weight is 264 g/mol. The van der Waals surface area contributed by atoms with Crippen molar-refractivity contribution in [3.63, 3.8) is 0 Å². The Morgan fingerprint density at radius 3 is 2.80 bits per heavy atom. The van der Waals surface area contributed by atoms with Crippen LogP contribution >= 0.6 is 0 Å². The van der Waals surface area contributed by atoms with E-state index in [1.54, 1.807) is 6.20 Å². The summed E-state index contributed by atoms with van der Waals surface area (Å²) in [5.74, 6) is 0. The Hall–Kier alpha value is -2.39. The summed E-state index contributed by atoms with van der Waals surface area (Å²) in [6.07, 6.45) is 1.81. The number of aliphatic hydroxyl groups is 1. The molecule has 0 amide bonds. The van der Waals surface area contributed by atoms with Gasteiger partial charge in [0.05, 0.1) is 12.1 Å². The smallest absolute Gasteiger partial charge is 0.0702 e. The zero-order chi connectivity index (χ0) is 13.8. The van der Waals surface area contributed by atoms with Gasteiger partial charge in [-0.2, -0.15) is 0 Å². The molecule has 0 saturated carbocycles. The first-order valence-electron chi connectivity index (χ1n) is 6.62. The first-order chi connectivity index (χ1) is 9.85. The van der Waals surface area contributed by atoms with Gasteiger partial charge in [0, 0.05) is 23.8 Å². The predicted molar refractivity (Wildman–Crippen MR) is 81.4 cm³/mol. The molecule has 0 radical (unpaired) electrons. The molecule has 0 spiro atoms. The van der Waals surface area contributed by atoms with E-state index >= 15 is 0 Å². The molecular weight excluding hydrogens is 248 g/mol. The molecule has 0 aliphatic heterocycles. The number of fused-ring (bicyclic) bond motifs is 1. The van der Waals surface area contributed by atoms with Crippen molar-refractivity contribution >= 4 is 16.6 Å². The highest BCUT2D eigenvalue weighted by Gasteiger charge is 1.98. The number of rotatable bonds is 4. The van der Waals surface area contributed by atoms with E-state index in [0.29, 0.717) is 0 Å². The Labute approximate surface area is 117 Å². The molecule has 20 heavy (non-hydrogen) atoms. The molecule has 3 heteroatoms. The minimum Gasteiger partial charge on any atom is -0.392 e. The molecule has 0 aliphatic carbocycles. The van der Waals surface area contributed by atoms with Gasteiger partial charge in [0.1, 0.15) is 0 Å². The van der Waals surface area contributed by atoms with Gasteiger partial charge in [0.2, 0.25) is 0 Å². The summed E-state index contributed by atoms with van der Waals surface area (Å²) >= 11 is 0. The number of nitrogens with one attached hydrogen (secondary N) is 1. The average Bonchev–Trinajstić information content (AvgIpc) is 2.53. The van der Waals surface area contributed by atoms with E-state index in [1.165, 1.54) is 5.56 Å². The standard InChI is InChI=1S/C17H16N2O/c20-12-14-3-1-5-16(10-14)19-11-13-6-7-17-15(9-13)4-2-8-18-17/h1-10,19-20H,11-12H2. The lowest BCUT2D eigenvalue weighted by Crippen LogP contribution is -2.00. The van der Waals surface area contributed by atoms with Crippen LogP contribution in [-0.4, -0.2) is 10.1 Å². The highest BCUT2D eigenvalue weighted by molar-refractivity contribution is 5.78. The molecule has 0 atom stereocenters. The van der Waals surface area contributed by atoms with Crippen LogP contribution in [0.15, 0.2) is 60.8 Å². The van der Waals surface area contributed by atoms with Crippen LogP contribution in [0.3, 0.4) is 0 Å². The van der Waals surface area contributed by atoms with E-state index in [0.717, 1.165) is 28.7 Å². The van der Waals surface area contributed by atoms with Gasteiger partial charge in [-0.05, 0) is 41.5 Å². The molecule has 3 rings (SSSR count). The van der Waals surface area contributed by atoms with Crippen molar-refractivity contribution in [1.82, 2.24) is 4.98 Å². The summed E-state index contributed by atoms with van der Waals surface area (Å²) in [5, 5.41) is 13.6. The SMILES string of the molecule is OCc1cccc(NCc2ccc3ncccc3c2)c1. The monoisotopic (exact) mass is 264 g/mol. The molecule has 1 aromatic heterocycles. The molecular formula is C17H16N2O. The minimum absolute atomic E-state index is 0.0666. The molecule has 2 N–H and O–H groups in total. The summed E-state index contributed by atoms with van der Waals surface area (Å²) < 4.78 is 0. The van der Waals surface area contributed by atoms with Crippen molar-refractivity contribution in [1.29, 1.82) is 0 Å². The maximum absolute atomic E-state index is 9.13. The van der Waals surface area contributed by atoms with Crippen molar-refractivity contribution in [3.05, 3.63) is 71.9 Å². The number of aliphatic hydroxyl groups excluding tert-OH is 1. The van der Waals surface area contributed by atoms with Crippen LogP contribution in [0, 0.1) is 0 Å². The van der Waals surface area contributed by atoms with Crippen molar-refractivity contribution in [3.8, 4) is 0 Å². The molecule has 1 heterocycles. The van der Waals surface area contributed by atoms with E-state index in [4.69, 9.17) is 5.11 Å². The Kier molecular flexibility index (Phi) is 3.61. The van der Waals surface area contributed by atoms with Gasteiger partial charge in [0.25, 0.3) is 0 Å². The van der Waals surface area contributed by atoms with E-state index < -0.39 is 0 Å². The Morgan fingerprint density at radius 1 is 0.950 bits per heavy atom. The first kappa shape index (κ1) is 12.6. The first-order valence-corrected chi connectivity index (χ1v) is 6.62. The highest BCUT2D eigenvalue weighted by atomic mass is 16.3. The summed E-state index contributed by atoms with van der Waals surface area (Å²) in [7, 11) is 0. The minimum atomic E-state index is 0.0666. The fourth-order valence-electron chi connectivity index (χ4n) is 2.22. The van der Waals surface area contributed by atoms with Crippen LogP contribution in [0.4, 0.5) is 5.69 Å². The molecule has 0 saturated heterocycles. The molecule has 0 unspecified atom stereocenters. The van der Waals surface area contributed by atoms with Crippen LogP contribution in [0.25, 0.3) is 10.9 Å². The maximum Gasteiger partial charge on any atom is 0.0702 e. The van der Waals surface area contributed by atoms with E-state index in [2.05, 4.69) is 28.5 Å². The summed E-state index contributed by atoms with van der Waals surface area (Å²) in [4.78, 5) is 4.32. The number of benzene rings is 2. The van der Waals surface area contributed by atoms with E-state index in [9.17, 15) is 0 Å². The van der Waals surface area contributed by atoms with Gasteiger partial charge < -0.3 is 10.4 Å². The van der Waals surface area contributed by atoms with Crippen LogP contribution in [0.2, 0.25) is 0 Å². The predicted octanol–water partition coefficient (Wildman–Crippen LogP) is 3.34. The summed E-state index contributed by atoms with van der Waals surface area (Å²) in [5.41, 5.74) is 4.15. The fourth-order valence-corrected chi connectivity index (χ4v) is 2.22. The molecule has 2 aromatic carbocycles. The zero-order valence-corrected chi connectivity index (χ0v) is 11.1. The van der Waals surface area contributed by atoms with Crippen molar-refractivity contribution in [2.24, 2.45) is 0 Å². The lowest BCUT2D eigenvalue weighted by atomic mass is 10.1. The Balaban J connectivity index is 1.76. The number of anilines is 1. The third-order valence-corrected chi connectivity index (χ3v) is 3.27. The Bertz CT molecular complexity index is 725. The molecule has 100 valence electrons. The third-order valence-electron chi connectivity index (χ3n) is 3.27. The van der Waals surface area contributed by atoms with Crippen LogP contribution in [-0.2, 0) is 13.2 Å². The zero-order valence-electron chi connectivity index (χ0n) is 11.1. The second-order valence-electron chi connectivity index (χ2n) is 4.74. The van der Waals surface area contributed by atoms with Gasteiger partial charge in [-0.15, -0.1) is 0 Å². The molecule has 0 aliphatic rings. The van der Waals surface area contributed by atoms with E-state index in [1.807, 2.05) is 36.4 Å². The fraction of sp³-hybridized carbons (Fsp3) is 0.118. The largest absolute Gasteiger partial charge is 0.392 e. The van der Waals surface area contributed by atoms with Crippen molar-refractivity contribution < 1.29 is 5.11 Å². The molecule has 0 fully saturated rings. The van der Waals surface area contributed by atoms with E-state index in [-0.39, 0.29) is 6.61 Å². The molecule has 0 bridgehead atoms. The van der Waals surface area contributed by atoms with Gasteiger partial charge in [-0.1, -0.05) is 24.3 Å². The van der Waals surface area contributed by atoms with Gasteiger partial charge >= 0.3 is 0 Å².